The largest absolute Gasteiger partial charge is 0.497 e. The van der Waals surface area contributed by atoms with E-state index < -0.39 is 0 Å². The van der Waals surface area contributed by atoms with Crippen LogP contribution in [-0.4, -0.2) is 36.6 Å². The Kier molecular flexibility index (Phi) is 4.69. The van der Waals surface area contributed by atoms with Crippen LogP contribution in [0.15, 0.2) is 36.5 Å². The van der Waals surface area contributed by atoms with E-state index in [9.17, 15) is 4.79 Å². The first-order valence-electron chi connectivity index (χ1n) is 8.09. The molecule has 0 N–H and O–H groups in total. The van der Waals surface area contributed by atoms with Gasteiger partial charge in [0.1, 0.15) is 11.5 Å². The maximum Gasteiger partial charge on any atom is 0.255 e. The molecule has 0 bridgehead atoms. The summed E-state index contributed by atoms with van der Waals surface area (Å²) < 4.78 is 10.8. The van der Waals surface area contributed by atoms with E-state index in [4.69, 9.17) is 9.47 Å². The fraction of sp³-hybridized carbons (Fsp3) is 0.368. The molecule has 24 heavy (non-hydrogen) atoms. The Morgan fingerprint density at radius 1 is 1.21 bits per heavy atom. The van der Waals surface area contributed by atoms with E-state index in [1.54, 1.807) is 20.4 Å². The summed E-state index contributed by atoms with van der Waals surface area (Å²) >= 11 is 0. The van der Waals surface area contributed by atoms with E-state index >= 15 is 0 Å². The first-order chi connectivity index (χ1) is 11.6. The third kappa shape index (κ3) is 3.07. The van der Waals surface area contributed by atoms with Crippen LogP contribution in [0.2, 0.25) is 0 Å². The predicted molar refractivity (Wildman–Crippen MR) is 91.5 cm³/mol. The molecule has 3 rings (SSSR count). The number of likely N-dealkylation sites (tertiary alicyclic amines) is 1. The number of rotatable bonds is 4. The van der Waals surface area contributed by atoms with E-state index in [0.717, 1.165) is 42.1 Å². The maximum atomic E-state index is 12.9. The highest BCUT2D eigenvalue weighted by molar-refractivity contribution is 5.94. The highest BCUT2D eigenvalue weighted by Gasteiger charge is 2.32. The van der Waals surface area contributed by atoms with Crippen molar-refractivity contribution in [1.82, 2.24) is 9.88 Å². The molecular formula is C19H22N2O3. The molecule has 1 saturated heterocycles. The summed E-state index contributed by atoms with van der Waals surface area (Å²) in [6.45, 7) is 2.65. The lowest BCUT2D eigenvalue weighted by molar-refractivity contribution is 0.0733. The summed E-state index contributed by atoms with van der Waals surface area (Å²) in [5.41, 5.74) is 2.55. The molecule has 0 aliphatic carbocycles. The number of benzene rings is 1. The second kappa shape index (κ2) is 6.91. The molecule has 0 spiro atoms. The molecule has 2 aromatic rings. The van der Waals surface area contributed by atoms with Gasteiger partial charge in [-0.25, -0.2) is 0 Å². The number of aryl methyl sites for hydroxylation is 1. The van der Waals surface area contributed by atoms with Gasteiger partial charge in [0.15, 0.2) is 0 Å². The highest BCUT2D eigenvalue weighted by Crippen LogP contribution is 2.39. The van der Waals surface area contributed by atoms with Crippen molar-refractivity contribution in [2.75, 3.05) is 20.8 Å². The van der Waals surface area contributed by atoms with Crippen molar-refractivity contribution in [2.24, 2.45) is 0 Å². The van der Waals surface area contributed by atoms with Gasteiger partial charge in [-0.15, -0.1) is 0 Å². The smallest absolute Gasteiger partial charge is 0.255 e. The number of aromatic nitrogens is 1. The Labute approximate surface area is 142 Å². The second-order valence-corrected chi connectivity index (χ2v) is 5.95. The molecular weight excluding hydrogens is 304 g/mol. The summed E-state index contributed by atoms with van der Waals surface area (Å²) in [6.07, 6.45) is 3.55. The van der Waals surface area contributed by atoms with Crippen molar-refractivity contribution in [3.63, 3.8) is 0 Å². The first-order valence-corrected chi connectivity index (χ1v) is 8.09. The standard InChI is InChI=1S/C19H22N2O3/c1-13-6-7-14(12-20-13)19(22)21-10-4-5-17(21)16-9-8-15(23-2)11-18(16)24-3/h6-9,11-12,17H,4-5,10H2,1-3H3. The van der Waals surface area contributed by atoms with Gasteiger partial charge in [0, 0.05) is 30.1 Å². The van der Waals surface area contributed by atoms with Crippen LogP contribution in [0.4, 0.5) is 0 Å². The highest BCUT2D eigenvalue weighted by atomic mass is 16.5. The normalized spacial score (nSPS) is 17.0. The Bertz CT molecular complexity index is 728. The number of amides is 1. The molecule has 0 radical (unpaired) electrons. The Hall–Kier alpha value is -2.56. The predicted octanol–water partition coefficient (Wildman–Crippen LogP) is 3.38. The van der Waals surface area contributed by atoms with Gasteiger partial charge in [-0.1, -0.05) is 0 Å². The van der Waals surface area contributed by atoms with E-state index in [2.05, 4.69) is 4.98 Å². The maximum absolute atomic E-state index is 12.9. The van der Waals surface area contributed by atoms with Gasteiger partial charge in [0.05, 0.1) is 25.8 Å². The van der Waals surface area contributed by atoms with Crippen LogP contribution in [-0.2, 0) is 0 Å². The molecule has 2 heterocycles. The lowest BCUT2D eigenvalue weighted by Crippen LogP contribution is -2.30. The van der Waals surface area contributed by atoms with Crippen molar-refractivity contribution in [3.8, 4) is 11.5 Å². The second-order valence-electron chi connectivity index (χ2n) is 5.95. The molecule has 126 valence electrons. The molecule has 1 aliphatic heterocycles. The number of hydrogen-bond acceptors (Lipinski definition) is 4. The molecule has 0 saturated carbocycles. The van der Waals surface area contributed by atoms with Gasteiger partial charge in [-0.05, 0) is 44.0 Å². The molecule has 1 fully saturated rings. The summed E-state index contributed by atoms with van der Waals surface area (Å²) in [7, 11) is 3.27. The average Bonchev–Trinajstić information content (AvgIpc) is 3.10. The summed E-state index contributed by atoms with van der Waals surface area (Å²) in [5.74, 6) is 1.51. The zero-order chi connectivity index (χ0) is 17.1. The van der Waals surface area contributed by atoms with Crippen molar-refractivity contribution >= 4 is 5.91 Å². The first kappa shape index (κ1) is 16.3. The minimum atomic E-state index is 0.0136. The number of nitrogens with zero attached hydrogens (tertiary/aromatic N) is 2. The van der Waals surface area contributed by atoms with Crippen LogP contribution >= 0.6 is 0 Å². The lowest BCUT2D eigenvalue weighted by Gasteiger charge is -2.26. The van der Waals surface area contributed by atoms with Gasteiger partial charge in [0.25, 0.3) is 5.91 Å². The third-order valence-electron chi connectivity index (χ3n) is 4.47. The van der Waals surface area contributed by atoms with E-state index in [0.29, 0.717) is 5.56 Å². The number of carbonyl (C=O) groups excluding carboxylic acids is 1. The summed E-state index contributed by atoms with van der Waals surface area (Å²) in [6, 6.07) is 9.48. The van der Waals surface area contributed by atoms with Crippen LogP contribution in [0.5, 0.6) is 11.5 Å². The molecule has 1 amide bonds. The Balaban J connectivity index is 1.90. The van der Waals surface area contributed by atoms with Crippen LogP contribution in [0.25, 0.3) is 0 Å². The van der Waals surface area contributed by atoms with Gasteiger partial charge in [0.2, 0.25) is 0 Å². The van der Waals surface area contributed by atoms with Gasteiger partial charge < -0.3 is 14.4 Å². The Morgan fingerprint density at radius 2 is 2.04 bits per heavy atom. The minimum Gasteiger partial charge on any atom is -0.497 e. The summed E-state index contributed by atoms with van der Waals surface area (Å²) in [4.78, 5) is 19.0. The van der Waals surface area contributed by atoms with E-state index in [1.807, 2.05) is 42.2 Å². The average molecular weight is 326 g/mol. The topological polar surface area (TPSA) is 51.7 Å². The molecule has 1 aliphatic rings. The zero-order valence-corrected chi connectivity index (χ0v) is 14.3. The summed E-state index contributed by atoms with van der Waals surface area (Å²) in [5, 5.41) is 0. The Morgan fingerprint density at radius 3 is 2.71 bits per heavy atom. The monoisotopic (exact) mass is 326 g/mol. The van der Waals surface area contributed by atoms with Crippen molar-refractivity contribution < 1.29 is 14.3 Å². The van der Waals surface area contributed by atoms with Crippen molar-refractivity contribution in [3.05, 3.63) is 53.3 Å². The minimum absolute atomic E-state index is 0.0136. The van der Waals surface area contributed by atoms with E-state index in [-0.39, 0.29) is 11.9 Å². The molecule has 1 aromatic heterocycles. The fourth-order valence-corrected chi connectivity index (χ4v) is 3.19. The van der Waals surface area contributed by atoms with Crippen molar-refractivity contribution in [2.45, 2.75) is 25.8 Å². The van der Waals surface area contributed by atoms with Gasteiger partial charge in [-0.3, -0.25) is 9.78 Å². The number of methoxy groups -OCH3 is 2. The quantitative estimate of drug-likeness (QED) is 0.864. The van der Waals surface area contributed by atoms with Gasteiger partial charge >= 0.3 is 0 Å². The van der Waals surface area contributed by atoms with Crippen LogP contribution in [0.3, 0.4) is 0 Å². The fourth-order valence-electron chi connectivity index (χ4n) is 3.19. The molecule has 1 unspecified atom stereocenters. The molecule has 1 atom stereocenters. The van der Waals surface area contributed by atoms with Crippen LogP contribution in [0.1, 0.15) is 40.5 Å². The lowest BCUT2D eigenvalue weighted by atomic mass is 10.0. The van der Waals surface area contributed by atoms with Crippen LogP contribution in [0, 0.1) is 6.92 Å². The SMILES string of the molecule is COc1ccc(C2CCCN2C(=O)c2ccc(C)nc2)c(OC)c1. The number of hydrogen-bond donors (Lipinski definition) is 0. The van der Waals surface area contributed by atoms with E-state index in [1.165, 1.54) is 0 Å². The number of carbonyl (C=O) groups is 1. The molecule has 5 heteroatoms. The zero-order valence-electron chi connectivity index (χ0n) is 14.3. The van der Waals surface area contributed by atoms with Crippen molar-refractivity contribution in [1.29, 1.82) is 0 Å². The molecule has 1 aromatic carbocycles. The number of ether oxygens (including phenoxy) is 2. The third-order valence-corrected chi connectivity index (χ3v) is 4.47. The van der Waals surface area contributed by atoms with Crippen LogP contribution < -0.4 is 9.47 Å². The number of pyridine rings is 1. The molecule has 5 nitrogen and oxygen atoms in total. The van der Waals surface area contributed by atoms with Gasteiger partial charge in [-0.2, -0.15) is 0 Å².